The summed E-state index contributed by atoms with van der Waals surface area (Å²) in [7, 11) is 0. The minimum atomic E-state index is -1.16. The van der Waals surface area contributed by atoms with Crippen molar-refractivity contribution in [2.75, 3.05) is 6.61 Å². The lowest BCUT2D eigenvalue weighted by molar-refractivity contribution is 0.0667. The zero-order chi connectivity index (χ0) is 16.9. The number of hydrogen-bond acceptors (Lipinski definition) is 4. The number of benzene rings is 1. The highest BCUT2D eigenvalue weighted by Gasteiger charge is 2.29. The normalized spacial score (nSPS) is 18.1. The van der Waals surface area contributed by atoms with Gasteiger partial charge in [0.25, 0.3) is 5.91 Å². The van der Waals surface area contributed by atoms with E-state index in [-0.39, 0.29) is 23.5 Å². The van der Waals surface area contributed by atoms with E-state index in [0.717, 1.165) is 18.4 Å². The molecule has 1 aromatic heterocycles. The molecule has 2 heterocycles. The molecule has 6 heteroatoms. The first-order valence-electron chi connectivity index (χ1n) is 7.83. The van der Waals surface area contributed by atoms with Gasteiger partial charge in [-0.05, 0) is 30.5 Å². The second-order valence-electron chi connectivity index (χ2n) is 5.63. The van der Waals surface area contributed by atoms with Crippen LogP contribution in [-0.4, -0.2) is 34.7 Å². The van der Waals surface area contributed by atoms with Crippen molar-refractivity contribution >= 4 is 11.9 Å². The third-order valence-corrected chi connectivity index (χ3v) is 3.98. The Morgan fingerprint density at radius 1 is 1.12 bits per heavy atom. The van der Waals surface area contributed by atoms with Crippen LogP contribution >= 0.6 is 0 Å². The Balaban J connectivity index is 1.83. The van der Waals surface area contributed by atoms with Gasteiger partial charge in [0.05, 0.1) is 12.1 Å². The molecule has 0 spiro atoms. The highest BCUT2D eigenvalue weighted by molar-refractivity contribution is 5.94. The van der Waals surface area contributed by atoms with Crippen molar-refractivity contribution in [1.82, 2.24) is 10.3 Å². The number of aromatic nitrogens is 1. The number of nitrogens with one attached hydrogen (secondary N) is 1. The number of carboxylic acid groups (broad SMARTS) is 1. The van der Waals surface area contributed by atoms with Gasteiger partial charge in [-0.2, -0.15) is 0 Å². The van der Waals surface area contributed by atoms with Crippen molar-refractivity contribution in [2.24, 2.45) is 0 Å². The van der Waals surface area contributed by atoms with Gasteiger partial charge in [-0.25, -0.2) is 9.78 Å². The fourth-order valence-electron chi connectivity index (χ4n) is 2.81. The maximum absolute atomic E-state index is 12.5. The molecule has 0 saturated carbocycles. The summed E-state index contributed by atoms with van der Waals surface area (Å²) in [6.45, 7) is 0.677. The van der Waals surface area contributed by atoms with E-state index in [0.29, 0.717) is 6.61 Å². The second kappa shape index (κ2) is 7.23. The lowest BCUT2D eigenvalue weighted by Gasteiger charge is -2.24. The van der Waals surface area contributed by atoms with Gasteiger partial charge < -0.3 is 15.2 Å². The molecular weight excluding hydrogens is 308 g/mol. The molecule has 1 aliphatic rings. The molecule has 1 amide bonds. The number of ether oxygens (including phenoxy) is 1. The van der Waals surface area contributed by atoms with Crippen LogP contribution in [0.1, 0.15) is 45.4 Å². The standard InChI is InChI=1S/C18H18N2O4/c21-17(13-8-4-9-14(19-13)18(22)23)20-16(15-10-5-11-24-15)12-6-2-1-3-7-12/h1-4,6-9,15-16H,5,10-11H2,(H,20,21)(H,22,23)/t15-,16+/m0/s1. The number of hydrogen-bond donors (Lipinski definition) is 2. The third-order valence-electron chi connectivity index (χ3n) is 3.98. The smallest absolute Gasteiger partial charge is 0.354 e. The van der Waals surface area contributed by atoms with E-state index < -0.39 is 11.9 Å². The van der Waals surface area contributed by atoms with Crippen molar-refractivity contribution in [3.05, 3.63) is 65.5 Å². The Labute approximate surface area is 139 Å². The van der Waals surface area contributed by atoms with Gasteiger partial charge in [0.15, 0.2) is 0 Å². The van der Waals surface area contributed by atoms with Crippen molar-refractivity contribution in [2.45, 2.75) is 25.0 Å². The molecule has 0 radical (unpaired) electrons. The first-order valence-corrected chi connectivity index (χ1v) is 7.83. The number of aromatic carboxylic acids is 1. The molecule has 6 nitrogen and oxygen atoms in total. The fraction of sp³-hybridized carbons (Fsp3) is 0.278. The average Bonchev–Trinajstić information content (AvgIpc) is 3.14. The largest absolute Gasteiger partial charge is 0.477 e. The van der Waals surface area contributed by atoms with Crippen molar-refractivity contribution < 1.29 is 19.4 Å². The molecule has 1 aliphatic heterocycles. The van der Waals surface area contributed by atoms with Crippen molar-refractivity contribution in [3.8, 4) is 0 Å². The van der Waals surface area contributed by atoms with Gasteiger partial charge in [0.2, 0.25) is 0 Å². The minimum Gasteiger partial charge on any atom is -0.477 e. The predicted molar refractivity (Wildman–Crippen MR) is 86.8 cm³/mol. The van der Waals surface area contributed by atoms with Gasteiger partial charge >= 0.3 is 5.97 Å². The third kappa shape index (κ3) is 3.60. The molecule has 0 bridgehead atoms. The summed E-state index contributed by atoms with van der Waals surface area (Å²) in [4.78, 5) is 27.4. The fourth-order valence-corrected chi connectivity index (χ4v) is 2.81. The molecule has 1 aromatic carbocycles. The summed E-state index contributed by atoms with van der Waals surface area (Å²) in [5.41, 5.74) is 0.872. The van der Waals surface area contributed by atoms with E-state index in [1.807, 2.05) is 30.3 Å². The quantitative estimate of drug-likeness (QED) is 0.881. The molecular formula is C18H18N2O4. The van der Waals surface area contributed by atoms with Gasteiger partial charge in [0.1, 0.15) is 11.4 Å². The lowest BCUT2D eigenvalue weighted by atomic mass is 9.99. The zero-order valence-electron chi connectivity index (χ0n) is 13.0. The van der Waals surface area contributed by atoms with Crippen LogP contribution in [0.2, 0.25) is 0 Å². The molecule has 2 atom stereocenters. The predicted octanol–water partition coefficient (Wildman–Crippen LogP) is 2.43. The molecule has 3 rings (SSSR count). The van der Waals surface area contributed by atoms with Crippen LogP contribution in [0.25, 0.3) is 0 Å². The second-order valence-corrected chi connectivity index (χ2v) is 5.63. The SMILES string of the molecule is O=C(O)c1cccc(C(=O)N[C@H](c2ccccc2)[C@@H]2CCCO2)n1. The van der Waals surface area contributed by atoms with Gasteiger partial charge in [-0.3, -0.25) is 4.79 Å². The van der Waals surface area contributed by atoms with Gasteiger partial charge in [-0.15, -0.1) is 0 Å². The van der Waals surface area contributed by atoms with E-state index in [4.69, 9.17) is 9.84 Å². The van der Waals surface area contributed by atoms with E-state index in [1.165, 1.54) is 18.2 Å². The zero-order valence-corrected chi connectivity index (χ0v) is 13.0. The molecule has 0 aliphatic carbocycles. The number of carboxylic acids is 1. The molecule has 24 heavy (non-hydrogen) atoms. The van der Waals surface area contributed by atoms with Crippen LogP contribution in [0.3, 0.4) is 0 Å². The summed E-state index contributed by atoms with van der Waals surface area (Å²) < 4.78 is 5.74. The number of nitrogens with zero attached hydrogens (tertiary/aromatic N) is 1. The monoisotopic (exact) mass is 326 g/mol. The van der Waals surface area contributed by atoms with Crippen LogP contribution in [0.4, 0.5) is 0 Å². The molecule has 2 N–H and O–H groups in total. The number of rotatable bonds is 5. The summed E-state index contributed by atoms with van der Waals surface area (Å²) >= 11 is 0. The maximum Gasteiger partial charge on any atom is 0.354 e. The highest BCUT2D eigenvalue weighted by atomic mass is 16.5. The summed E-state index contributed by atoms with van der Waals surface area (Å²) in [5.74, 6) is -1.58. The van der Waals surface area contributed by atoms with E-state index in [2.05, 4.69) is 10.3 Å². The van der Waals surface area contributed by atoms with Crippen LogP contribution in [0, 0.1) is 0 Å². The summed E-state index contributed by atoms with van der Waals surface area (Å²) in [6, 6.07) is 13.7. The van der Waals surface area contributed by atoms with Gasteiger partial charge in [0, 0.05) is 6.61 Å². The minimum absolute atomic E-state index is 0.0776. The Morgan fingerprint density at radius 2 is 1.88 bits per heavy atom. The van der Waals surface area contributed by atoms with Crippen LogP contribution < -0.4 is 5.32 Å². The number of amides is 1. The van der Waals surface area contributed by atoms with Crippen LogP contribution in [-0.2, 0) is 4.74 Å². The topological polar surface area (TPSA) is 88.5 Å². The molecule has 0 unspecified atom stereocenters. The summed E-state index contributed by atoms with van der Waals surface area (Å²) in [5, 5.41) is 11.9. The maximum atomic E-state index is 12.5. The highest BCUT2D eigenvalue weighted by Crippen LogP contribution is 2.27. The van der Waals surface area contributed by atoms with Crippen LogP contribution in [0.15, 0.2) is 48.5 Å². The molecule has 1 saturated heterocycles. The van der Waals surface area contributed by atoms with E-state index in [9.17, 15) is 9.59 Å². The Bertz CT molecular complexity index is 727. The summed E-state index contributed by atoms with van der Waals surface area (Å²) in [6.07, 6.45) is 1.72. The number of carbonyl (C=O) groups is 2. The Morgan fingerprint density at radius 3 is 2.54 bits per heavy atom. The number of pyridine rings is 1. The molecule has 1 fully saturated rings. The van der Waals surface area contributed by atoms with Gasteiger partial charge in [-0.1, -0.05) is 36.4 Å². The Kier molecular flexibility index (Phi) is 4.86. The Hall–Kier alpha value is -2.73. The number of carbonyl (C=O) groups excluding carboxylic acids is 1. The van der Waals surface area contributed by atoms with E-state index in [1.54, 1.807) is 0 Å². The van der Waals surface area contributed by atoms with Crippen molar-refractivity contribution in [1.29, 1.82) is 0 Å². The average molecular weight is 326 g/mol. The first kappa shape index (κ1) is 16.1. The van der Waals surface area contributed by atoms with Crippen LogP contribution in [0.5, 0.6) is 0 Å². The molecule has 124 valence electrons. The van der Waals surface area contributed by atoms with Crippen molar-refractivity contribution in [3.63, 3.8) is 0 Å². The first-order chi connectivity index (χ1) is 11.6. The lowest BCUT2D eigenvalue weighted by Crippen LogP contribution is -2.36. The molecule has 2 aromatic rings. The van der Waals surface area contributed by atoms with E-state index >= 15 is 0 Å².